The average Bonchev–Trinajstić information content (AvgIpc) is 3.41. The van der Waals surface area contributed by atoms with Crippen LogP contribution in [0.3, 0.4) is 0 Å². The third-order valence-electron chi connectivity index (χ3n) is 12.0. The molecule has 0 saturated heterocycles. The second-order valence-corrected chi connectivity index (χ2v) is 133. The van der Waals surface area contributed by atoms with E-state index in [9.17, 15) is 0 Å². The zero-order valence-electron chi connectivity index (χ0n) is 23.9. The number of fused-ring (bicyclic) bond motifs is 2. The van der Waals surface area contributed by atoms with E-state index in [0.29, 0.717) is 9.09 Å². The van der Waals surface area contributed by atoms with Crippen LogP contribution in [0, 0.1) is 5.41 Å². The summed E-state index contributed by atoms with van der Waals surface area (Å²) in [5.41, 5.74) is 7.97. The molecule has 3 aliphatic carbocycles. The fourth-order valence-electron chi connectivity index (χ4n) is 8.95. The van der Waals surface area contributed by atoms with E-state index in [0.717, 1.165) is 12.8 Å². The maximum absolute atomic E-state index is 5.78. The predicted molar refractivity (Wildman–Crippen MR) is 156 cm³/mol. The number of hydrogen-bond donors (Lipinski definition) is 0. The summed E-state index contributed by atoms with van der Waals surface area (Å²) >= 11 is -5.78. The third-order valence-corrected chi connectivity index (χ3v) is 58.1. The van der Waals surface area contributed by atoms with E-state index in [1.807, 2.05) is 0 Å². The number of benzene rings is 2. The SMILES string of the molecule is CC1(C)Cc2cc3c(cc2C1)[C](CCc1ccccc1)([Hf]([CH3])([CH3])([CH3])([CH3])([CH3])([CH3])([CH3])[CH]1C=CC=C1)C=C3. The molecule has 0 saturated carbocycles. The Labute approximate surface area is 202 Å². The predicted octanol–water partition coefficient (Wildman–Crippen LogP) is 10.7. The molecule has 0 heterocycles. The van der Waals surface area contributed by atoms with Gasteiger partial charge in [-0.15, -0.1) is 0 Å². The van der Waals surface area contributed by atoms with Crippen molar-refractivity contribution < 1.29 is 12.6 Å². The van der Waals surface area contributed by atoms with Gasteiger partial charge in [-0.1, -0.05) is 0 Å². The number of rotatable bonds is 5. The minimum atomic E-state index is -5.78. The molecule has 2 aromatic carbocycles. The van der Waals surface area contributed by atoms with Gasteiger partial charge in [-0.2, -0.15) is 0 Å². The molecule has 0 bridgehead atoms. The van der Waals surface area contributed by atoms with Gasteiger partial charge in [0.15, 0.2) is 0 Å². The van der Waals surface area contributed by atoms with Crippen LogP contribution in [0.2, 0.25) is 36.4 Å². The topological polar surface area (TPSA) is 0 Å². The van der Waals surface area contributed by atoms with E-state index in [2.05, 4.69) is 126 Å². The molecule has 1 atom stereocenters. The van der Waals surface area contributed by atoms with Gasteiger partial charge in [-0.3, -0.25) is 0 Å². The van der Waals surface area contributed by atoms with Crippen molar-refractivity contribution in [3.8, 4) is 0 Å². The van der Waals surface area contributed by atoms with Crippen molar-refractivity contribution in [2.75, 3.05) is 0 Å². The third kappa shape index (κ3) is 3.19. The molecule has 0 nitrogen and oxygen atoms in total. The molecular weight excluding hydrogens is 587 g/mol. The molecule has 0 amide bonds. The molecule has 3 aliphatic rings. The van der Waals surface area contributed by atoms with Gasteiger partial charge in [-0.05, 0) is 0 Å². The number of aryl methyl sites for hydroxylation is 1. The summed E-state index contributed by atoms with van der Waals surface area (Å²) in [5.74, 6) is 0. The van der Waals surface area contributed by atoms with Crippen molar-refractivity contribution in [1.29, 1.82) is 0 Å². The Hall–Kier alpha value is -1.47. The quantitative estimate of drug-likeness (QED) is 0.287. The average molecular weight is 636 g/mol. The monoisotopic (exact) mass is 637 g/mol. The summed E-state index contributed by atoms with van der Waals surface area (Å²) in [7, 11) is 0. The van der Waals surface area contributed by atoms with Crippen molar-refractivity contribution in [3.63, 3.8) is 0 Å². The summed E-state index contributed by atoms with van der Waals surface area (Å²) in [4.78, 5) is 0. The van der Waals surface area contributed by atoms with Crippen LogP contribution in [-0.2, 0) is 35.1 Å². The molecular formula is C34H49Hf. The van der Waals surface area contributed by atoms with Crippen molar-refractivity contribution >= 4 is 6.08 Å². The van der Waals surface area contributed by atoms with Crippen molar-refractivity contribution in [1.82, 2.24) is 0 Å². The molecule has 35 heavy (non-hydrogen) atoms. The first-order chi connectivity index (χ1) is 15.5. The molecule has 189 valence electrons. The Kier molecular flexibility index (Phi) is 3.50. The van der Waals surface area contributed by atoms with Crippen molar-refractivity contribution in [2.24, 2.45) is 5.41 Å². The van der Waals surface area contributed by atoms with Crippen LogP contribution < -0.4 is 0 Å². The Morgan fingerprint density at radius 2 is 1.37 bits per heavy atom. The summed E-state index contributed by atoms with van der Waals surface area (Å²) in [6, 6.07) is 16.4. The van der Waals surface area contributed by atoms with Gasteiger partial charge in [0.1, 0.15) is 0 Å². The van der Waals surface area contributed by atoms with Crippen molar-refractivity contribution in [2.45, 2.75) is 79.1 Å². The molecule has 0 aromatic heterocycles. The Bertz CT molecular complexity index is 1400. The van der Waals surface area contributed by atoms with Crippen LogP contribution in [0.4, 0.5) is 0 Å². The first kappa shape index (κ1) is 25.2. The van der Waals surface area contributed by atoms with E-state index in [4.69, 9.17) is 0 Å². The second kappa shape index (κ2) is 4.87. The van der Waals surface area contributed by atoms with Crippen LogP contribution in [0.5, 0.6) is 0 Å². The van der Waals surface area contributed by atoms with Gasteiger partial charge in [0.2, 0.25) is 0 Å². The van der Waals surface area contributed by atoms with E-state index in [1.54, 1.807) is 16.7 Å². The molecule has 0 N–H and O–H groups in total. The second-order valence-electron chi connectivity index (χ2n) is 23.7. The van der Waals surface area contributed by atoms with Gasteiger partial charge < -0.3 is 0 Å². The van der Waals surface area contributed by atoms with Crippen LogP contribution in [0.15, 0.2) is 72.8 Å². The molecule has 1 heteroatoms. The first-order valence-electron chi connectivity index (χ1n) is 14.1. The maximum atomic E-state index is 2.76. The Morgan fingerprint density at radius 3 is 1.97 bits per heavy atom. The Balaban J connectivity index is 1.86. The normalized spacial score (nSPS) is 28.8. The summed E-state index contributed by atoms with van der Waals surface area (Å²) in [6.45, 7) is 4.86. The molecule has 0 fully saturated rings. The Morgan fingerprint density at radius 1 is 0.800 bits per heavy atom. The zero-order valence-corrected chi connectivity index (χ0v) is 27.5. The molecule has 5 rings (SSSR count). The van der Waals surface area contributed by atoms with Crippen LogP contribution >= 0.6 is 0 Å². The zero-order chi connectivity index (χ0) is 25.8. The summed E-state index contributed by atoms with van der Waals surface area (Å²) < 4.78 is 19.6. The minimum absolute atomic E-state index is 0.0990. The number of allylic oxidation sites excluding steroid dienone is 5. The fourth-order valence-corrected chi connectivity index (χ4v) is 42.5. The van der Waals surface area contributed by atoms with Crippen LogP contribution in [0.25, 0.3) is 6.08 Å². The molecule has 2 aromatic rings. The molecule has 1 unspecified atom stereocenters. The molecule has 0 radical (unpaired) electrons. The first-order valence-corrected chi connectivity index (χ1v) is 43.1. The summed E-state index contributed by atoms with van der Waals surface area (Å²) in [5, 5.41) is 0. The molecule has 0 aliphatic heterocycles. The van der Waals surface area contributed by atoms with Crippen molar-refractivity contribution in [3.05, 3.63) is 101 Å². The van der Waals surface area contributed by atoms with Gasteiger partial charge in [0.25, 0.3) is 0 Å². The van der Waals surface area contributed by atoms with E-state index < -0.39 is 12.6 Å². The van der Waals surface area contributed by atoms with Crippen LogP contribution in [-0.4, -0.2) is 0 Å². The van der Waals surface area contributed by atoms with E-state index in [1.165, 1.54) is 24.0 Å². The van der Waals surface area contributed by atoms with Gasteiger partial charge in [0.05, 0.1) is 0 Å². The van der Waals surface area contributed by atoms with Crippen LogP contribution in [0.1, 0.15) is 48.1 Å². The summed E-state index contributed by atoms with van der Waals surface area (Å²) in [6.07, 6.45) is 19.3. The van der Waals surface area contributed by atoms with E-state index in [-0.39, 0.29) is 3.17 Å². The standard InChI is InChI=1S/C22H23.C5H5.7CH3.Hf/c1-22(2)14-19-12-18-11-10-17(21(18)13-20(19)15-22)9-8-16-6-4-3-5-7-16;1-2-4-5-3-1;;;;;;;;/h3-7,10-13H,8-9,14-15H2,1-2H3;1-5H;7*1H3;. The van der Waals surface area contributed by atoms with Gasteiger partial charge in [0, 0.05) is 0 Å². The number of hydrogen-bond acceptors (Lipinski definition) is 0. The van der Waals surface area contributed by atoms with Gasteiger partial charge >= 0.3 is 204 Å². The fraction of sp³-hybridized carbons (Fsp3) is 0.471. The van der Waals surface area contributed by atoms with Gasteiger partial charge in [-0.25, -0.2) is 0 Å². The van der Waals surface area contributed by atoms with E-state index >= 15 is 0 Å². The molecule has 0 spiro atoms.